The Morgan fingerprint density at radius 3 is 2.80 bits per heavy atom. The summed E-state index contributed by atoms with van der Waals surface area (Å²) in [5.74, 6) is 2.02. The Kier molecular flexibility index (Phi) is 5.27. The lowest BCUT2D eigenvalue weighted by atomic mass is 9.82. The van der Waals surface area contributed by atoms with E-state index in [0.717, 1.165) is 12.5 Å². The van der Waals surface area contributed by atoms with Crippen molar-refractivity contribution in [3.8, 4) is 5.75 Å². The first-order valence-corrected chi connectivity index (χ1v) is 7.38. The summed E-state index contributed by atoms with van der Waals surface area (Å²) in [6.07, 6.45) is 5.05. The van der Waals surface area contributed by atoms with Crippen molar-refractivity contribution in [2.24, 2.45) is 11.8 Å². The molecule has 0 aliphatic heterocycles. The van der Waals surface area contributed by atoms with Crippen LogP contribution in [-0.4, -0.2) is 19.1 Å². The predicted octanol–water partition coefficient (Wildman–Crippen LogP) is 2.59. The first-order valence-electron chi connectivity index (χ1n) is 7.38. The second kappa shape index (κ2) is 7.17. The first-order chi connectivity index (χ1) is 9.63. The normalized spacial score (nSPS) is 22.2. The molecule has 1 aromatic carbocycles. The molecule has 3 N–H and O–H groups in total. The average Bonchev–Trinajstić information content (AvgIpc) is 2.45. The Morgan fingerprint density at radius 2 is 2.10 bits per heavy atom. The van der Waals surface area contributed by atoms with Crippen molar-refractivity contribution in [2.45, 2.75) is 32.6 Å². The minimum atomic E-state index is -0.0555. The van der Waals surface area contributed by atoms with Crippen LogP contribution in [0, 0.1) is 11.8 Å². The van der Waals surface area contributed by atoms with Crippen LogP contribution in [0.5, 0.6) is 5.75 Å². The summed E-state index contributed by atoms with van der Waals surface area (Å²) in [6.45, 7) is 3.12. The molecular formula is C16H24N2O2. The number of rotatable bonds is 5. The second-order valence-electron chi connectivity index (χ2n) is 5.80. The molecule has 0 radical (unpaired) electrons. The van der Waals surface area contributed by atoms with Crippen molar-refractivity contribution < 1.29 is 9.53 Å². The van der Waals surface area contributed by atoms with Crippen molar-refractivity contribution in [3.63, 3.8) is 0 Å². The lowest BCUT2D eigenvalue weighted by Crippen LogP contribution is -2.34. The van der Waals surface area contributed by atoms with Crippen molar-refractivity contribution in [2.75, 3.05) is 18.9 Å². The van der Waals surface area contributed by atoms with Crippen LogP contribution in [0.2, 0.25) is 0 Å². The Balaban J connectivity index is 1.66. The molecule has 2 unspecified atom stereocenters. The molecule has 1 aliphatic rings. The minimum Gasteiger partial charge on any atom is -0.484 e. The molecule has 0 heterocycles. The van der Waals surface area contributed by atoms with Crippen LogP contribution in [0.4, 0.5) is 5.69 Å². The van der Waals surface area contributed by atoms with Crippen LogP contribution in [0.3, 0.4) is 0 Å². The smallest absolute Gasteiger partial charge is 0.257 e. The zero-order valence-corrected chi connectivity index (χ0v) is 12.1. The molecule has 2 rings (SSSR count). The number of nitrogen functional groups attached to an aromatic ring is 1. The number of anilines is 1. The maximum absolute atomic E-state index is 11.7. The Bertz CT molecular complexity index is 431. The van der Waals surface area contributed by atoms with Crippen LogP contribution >= 0.6 is 0 Å². The van der Waals surface area contributed by atoms with Gasteiger partial charge in [-0.3, -0.25) is 4.79 Å². The van der Waals surface area contributed by atoms with E-state index >= 15 is 0 Å². The highest BCUT2D eigenvalue weighted by atomic mass is 16.5. The number of nitrogens with two attached hydrogens (primary N) is 1. The van der Waals surface area contributed by atoms with Crippen molar-refractivity contribution in [3.05, 3.63) is 24.3 Å². The van der Waals surface area contributed by atoms with Gasteiger partial charge in [0.15, 0.2) is 6.61 Å². The highest BCUT2D eigenvalue weighted by Gasteiger charge is 2.19. The highest BCUT2D eigenvalue weighted by Crippen LogP contribution is 2.27. The molecule has 110 valence electrons. The largest absolute Gasteiger partial charge is 0.484 e. The maximum atomic E-state index is 11.7. The van der Waals surface area contributed by atoms with E-state index in [1.807, 2.05) is 0 Å². The van der Waals surface area contributed by atoms with Crippen LogP contribution in [-0.2, 0) is 4.79 Å². The number of benzene rings is 1. The molecule has 0 aromatic heterocycles. The third-order valence-electron chi connectivity index (χ3n) is 3.88. The number of carbonyl (C=O) groups excluding carboxylic acids is 1. The summed E-state index contributed by atoms with van der Waals surface area (Å²) < 4.78 is 5.42. The number of ether oxygens (including phenoxy) is 1. The number of hydrogen-bond donors (Lipinski definition) is 2. The summed E-state index contributed by atoms with van der Waals surface area (Å²) in [7, 11) is 0. The van der Waals surface area contributed by atoms with Gasteiger partial charge in [-0.25, -0.2) is 0 Å². The van der Waals surface area contributed by atoms with Gasteiger partial charge >= 0.3 is 0 Å². The monoisotopic (exact) mass is 276 g/mol. The molecule has 1 aliphatic carbocycles. The van der Waals surface area contributed by atoms with E-state index < -0.39 is 0 Å². The van der Waals surface area contributed by atoms with Gasteiger partial charge < -0.3 is 15.8 Å². The quantitative estimate of drug-likeness (QED) is 0.812. The molecule has 0 saturated heterocycles. The lowest BCUT2D eigenvalue weighted by molar-refractivity contribution is -0.123. The Morgan fingerprint density at radius 1 is 1.35 bits per heavy atom. The van der Waals surface area contributed by atoms with Gasteiger partial charge in [0.1, 0.15) is 5.75 Å². The molecule has 1 amide bonds. The van der Waals surface area contributed by atoms with Gasteiger partial charge in [-0.05, 0) is 48.9 Å². The van der Waals surface area contributed by atoms with Crippen LogP contribution in [0.15, 0.2) is 24.3 Å². The molecule has 4 nitrogen and oxygen atoms in total. The second-order valence-corrected chi connectivity index (χ2v) is 5.80. The Labute approximate surface area is 120 Å². The summed E-state index contributed by atoms with van der Waals surface area (Å²) in [4.78, 5) is 11.7. The zero-order chi connectivity index (χ0) is 14.4. The lowest BCUT2D eigenvalue weighted by Gasteiger charge is -2.26. The molecule has 4 heteroatoms. The average molecular weight is 276 g/mol. The van der Waals surface area contributed by atoms with E-state index in [1.165, 1.54) is 25.7 Å². The van der Waals surface area contributed by atoms with E-state index in [2.05, 4.69) is 12.2 Å². The SMILES string of the molecule is CC1CCCC(CNC(=O)COc2ccc(N)cc2)C1. The van der Waals surface area contributed by atoms with Gasteiger partial charge in [0, 0.05) is 12.2 Å². The van der Waals surface area contributed by atoms with Crippen LogP contribution in [0.25, 0.3) is 0 Å². The summed E-state index contributed by atoms with van der Waals surface area (Å²) in [6, 6.07) is 7.06. The molecule has 1 saturated carbocycles. The molecule has 2 atom stereocenters. The minimum absolute atomic E-state index is 0.0555. The van der Waals surface area contributed by atoms with Gasteiger partial charge in [-0.2, -0.15) is 0 Å². The Hall–Kier alpha value is -1.71. The molecule has 1 fully saturated rings. The third kappa shape index (κ3) is 4.76. The van der Waals surface area contributed by atoms with E-state index in [-0.39, 0.29) is 12.5 Å². The van der Waals surface area contributed by atoms with E-state index in [0.29, 0.717) is 17.4 Å². The molecular weight excluding hydrogens is 252 g/mol. The van der Waals surface area contributed by atoms with E-state index in [1.54, 1.807) is 24.3 Å². The summed E-state index contributed by atoms with van der Waals surface area (Å²) in [5, 5.41) is 2.97. The van der Waals surface area contributed by atoms with Gasteiger partial charge in [-0.15, -0.1) is 0 Å². The summed E-state index contributed by atoms with van der Waals surface area (Å²) >= 11 is 0. The number of nitrogens with one attached hydrogen (secondary N) is 1. The topological polar surface area (TPSA) is 64.3 Å². The fraction of sp³-hybridized carbons (Fsp3) is 0.562. The van der Waals surface area contributed by atoms with Gasteiger partial charge in [-0.1, -0.05) is 19.8 Å². The van der Waals surface area contributed by atoms with E-state index in [9.17, 15) is 4.79 Å². The molecule has 20 heavy (non-hydrogen) atoms. The van der Waals surface area contributed by atoms with Crippen molar-refractivity contribution >= 4 is 11.6 Å². The van der Waals surface area contributed by atoms with Gasteiger partial charge in [0.2, 0.25) is 0 Å². The molecule has 0 spiro atoms. The van der Waals surface area contributed by atoms with Gasteiger partial charge in [0.05, 0.1) is 0 Å². The van der Waals surface area contributed by atoms with Crippen molar-refractivity contribution in [1.82, 2.24) is 5.32 Å². The summed E-state index contributed by atoms with van der Waals surface area (Å²) in [5.41, 5.74) is 6.28. The molecule has 1 aromatic rings. The van der Waals surface area contributed by atoms with Crippen molar-refractivity contribution in [1.29, 1.82) is 0 Å². The standard InChI is InChI=1S/C16H24N2O2/c1-12-3-2-4-13(9-12)10-18-16(19)11-20-15-7-5-14(17)6-8-15/h5-8,12-13H,2-4,9-11,17H2,1H3,(H,18,19). The predicted molar refractivity (Wildman–Crippen MR) is 80.5 cm³/mol. The fourth-order valence-electron chi connectivity index (χ4n) is 2.77. The van der Waals surface area contributed by atoms with E-state index in [4.69, 9.17) is 10.5 Å². The van der Waals surface area contributed by atoms with Crippen LogP contribution < -0.4 is 15.8 Å². The van der Waals surface area contributed by atoms with Gasteiger partial charge in [0.25, 0.3) is 5.91 Å². The zero-order valence-electron chi connectivity index (χ0n) is 12.1. The first kappa shape index (κ1) is 14.7. The molecule has 0 bridgehead atoms. The maximum Gasteiger partial charge on any atom is 0.257 e. The number of amides is 1. The number of carbonyl (C=O) groups is 1. The third-order valence-corrected chi connectivity index (χ3v) is 3.88. The highest BCUT2D eigenvalue weighted by molar-refractivity contribution is 5.77. The number of hydrogen-bond acceptors (Lipinski definition) is 3. The fourth-order valence-corrected chi connectivity index (χ4v) is 2.77. The van der Waals surface area contributed by atoms with Crippen LogP contribution in [0.1, 0.15) is 32.6 Å².